The Balaban J connectivity index is 2.07. The molecule has 1 N–H and O–H groups in total. The summed E-state index contributed by atoms with van der Waals surface area (Å²) in [6, 6.07) is 0. The van der Waals surface area contributed by atoms with Crippen LogP contribution in [0.3, 0.4) is 0 Å². The summed E-state index contributed by atoms with van der Waals surface area (Å²) in [5.74, 6) is 0. The van der Waals surface area contributed by atoms with Crippen molar-refractivity contribution in [2.45, 2.75) is 99.7 Å². The minimum absolute atomic E-state index is 0.193. The largest absolute Gasteiger partial charge is 0.286 e. The third kappa shape index (κ3) is 5.21. The summed E-state index contributed by atoms with van der Waals surface area (Å²) in [5.41, 5.74) is 1.91. The smallest absolute Gasteiger partial charge is 0.259 e. The van der Waals surface area contributed by atoms with Gasteiger partial charge in [-0.3, -0.25) is 4.55 Å². The highest BCUT2D eigenvalue weighted by atomic mass is 32.2. The van der Waals surface area contributed by atoms with Gasteiger partial charge in [-0.2, -0.15) is 0 Å². The first-order valence-electron chi connectivity index (χ1n) is 8.89. The monoisotopic (exact) mass is 344 g/mol. The van der Waals surface area contributed by atoms with E-state index >= 15 is 0 Å². The zero-order chi connectivity index (χ0) is 16.2. The van der Waals surface area contributed by atoms with E-state index < -0.39 is 15.3 Å². The molecule has 2 unspecified atom stereocenters. The molecular formula is C16H30BO3PS. The summed E-state index contributed by atoms with van der Waals surface area (Å²) < 4.78 is 31.8. The van der Waals surface area contributed by atoms with Crippen LogP contribution in [0.25, 0.3) is 0 Å². The second kappa shape index (κ2) is 8.49. The molecule has 126 valence electrons. The number of rotatable bonds is 6. The summed E-state index contributed by atoms with van der Waals surface area (Å²) in [6.07, 6.45) is 13.7. The van der Waals surface area contributed by atoms with E-state index in [0.29, 0.717) is 12.1 Å². The molecule has 0 spiro atoms. The van der Waals surface area contributed by atoms with Crippen molar-refractivity contribution in [3.63, 3.8) is 0 Å². The Hall–Kier alpha value is 0.405. The Morgan fingerprint density at radius 1 is 1.00 bits per heavy atom. The van der Waals surface area contributed by atoms with E-state index in [-0.39, 0.29) is 7.92 Å². The van der Waals surface area contributed by atoms with Gasteiger partial charge in [0.25, 0.3) is 10.1 Å². The maximum Gasteiger partial charge on any atom is 0.259 e. The highest BCUT2D eigenvalue weighted by Crippen LogP contribution is 2.59. The number of hydrogen-bond acceptors (Lipinski definition) is 2. The van der Waals surface area contributed by atoms with Crippen molar-refractivity contribution in [2.75, 3.05) is 0 Å². The molecule has 0 bridgehead atoms. The Bertz CT molecular complexity index is 413. The standard InChI is InChI=1S/C16H30BO3PS/c1-13(12-16(17)22(18,19)20)21(14-8-4-2-5-9-14)15-10-6-3-7-11-15/h13-16H,2-12H2,1H3,(H,18,19,20). The van der Waals surface area contributed by atoms with Crippen molar-refractivity contribution in [3.05, 3.63) is 0 Å². The van der Waals surface area contributed by atoms with Gasteiger partial charge in [0, 0.05) is 5.15 Å². The van der Waals surface area contributed by atoms with Gasteiger partial charge in [-0.05, 0) is 49.1 Å². The fraction of sp³-hybridized carbons (Fsp3) is 1.00. The van der Waals surface area contributed by atoms with Gasteiger partial charge in [0.15, 0.2) is 0 Å². The van der Waals surface area contributed by atoms with Crippen LogP contribution in [-0.2, 0) is 10.1 Å². The molecule has 2 atom stereocenters. The Kier molecular flexibility index (Phi) is 7.23. The third-order valence-electron chi connectivity index (χ3n) is 5.46. The first kappa shape index (κ1) is 18.7. The van der Waals surface area contributed by atoms with Gasteiger partial charge in [-0.25, -0.2) is 8.42 Å². The Morgan fingerprint density at radius 2 is 1.41 bits per heavy atom. The van der Waals surface area contributed by atoms with Crippen molar-refractivity contribution in [1.29, 1.82) is 0 Å². The van der Waals surface area contributed by atoms with Gasteiger partial charge < -0.3 is 0 Å². The summed E-state index contributed by atoms with van der Waals surface area (Å²) >= 11 is 0. The van der Waals surface area contributed by atoms with Crippen LogP contribution in [0, 0.1) is 0 Å². The Labute approximate surface area is 138 Å². The van der Waals surface area contributed by atoms with Gasteiger partial charge in [0.1, 0.15) is 0 Å². The minimum atomic E-state index is -4.10. The molecular weight excluding hydrogens is 314 g/mol. The van der Waals surface area contributed by atoms with Crippen molar-refractivity contribution in [2.24, 2.45) is 0 Å². The molecule has 0 aromatic carbocycles. The molecule has 0 heterocycles. The highest BCUT2D eigenvalue weighted by molar-refractivity contribution is 7.87. The molecule has 6 heteroatoms. The van der Waals surface area contributed by atoms with Crippen LogP contribution in [-0.4, -0.2) is 42.9 Å². The molecule has 3 nitrogen and oxygen atoms in total. The van der Waals surface area contributed by atoms with E-state index in [9.17, 15) is 13.0 Å². The second-order valence-electron chi connectivity index (χ2n) is 7.17. The lowest BCUT2D eigenvalue weighted by Crippen LogP contribution is -2.30. The molecule has 0 saturated heterocycles. The number of hydrogen-bond donors (Lipinski definition) is 1. The lowest BCUT2D eigenvalue weighted by Gasteiger charge is -2.42. The van der Waals surface area contributed by atoms with Crippen LogP contribution in [0.4, 0.5) is 0 Å². The molecule has 2 radical (unpaired) electrons. The lowest BCUT2D eigenvalue weighted by molar-refractivity contribution is 0.471. The molecule has 0 aromatic rings. The van der Waals surface area contributed by atoms with E-state index in [1.54, 1.807) is 0 Å². The maximum absolute atomic E-state index is 11.3. The molecule has 22 heavy (non-hydrogen) atoms. The van der Waals surface area contributed by atoms with E-state index in [1.165, 1.54) is 64.2 Å². The van der Waals surface area contributed by atoms with Crippen LogP contribution < -0.4 is 0 Å². The molecule has 2 aliphatic rings. The quantitative estimate of drug-likeness (QED) is 0.444. The van der Waals surface area contributed by atoms with Crippen molar-refractivity contribution in [3.8, 4) is 0 Å². The first-order chi connectivity index (χ1) is 10.4. The van der Waals surface area contributed by atoms with E-state index in [1.807, 2.05) is 0 Å². The predicted octanol–water partition coefficient (Wildman–Crippen LogP) is 4.29. The maximum atomic E-state index is 11.3. The topological polar surface area (TPSA) is 54.4 Å². The summed E-state index contributed by atoms with van der Waals surface area (Å²) in [7, 11) is 1.42. The first-order valence-corrected chi connectivity index (χ1v) is 11.9. The summed E-state index contributed by atoms with van der Waals surface area (Å²) in [4.78, 5) is 0. The molecule has 2 rings (SSSR count). The zero-order valence-corrected chi connectivity index (χ0v) is 15.5. The molecule has 2 fully saturated rings. The van der Waals surface area contributed by atoms with Crippen LogP contribution >= 0.6 is 7.92 Å². The molecule has 0 amide bonds. The molecule has 2 aliphatic carbocycles. The van der Waals surface area contributed by atoms with Gasteiger partial charge in [-0.15, -0.1) is 0 Å². The fourth-order valence-electron chi connectivity index (χ4n) is 4.36. The van der Waals surface area contributed by atoms with Crippen LogP contribution in [0.15, 0.2) is 0 Å². The molecule has 2 saturated carbocycles. The predicted molar refractivity (Wildman–Crippen MR) is 95.8 cm³/mol. The van der Waals surface area contributed by atoms with Crippen LogP contribution in [0.2, 0.25) is 0 Å². The van der Waals surface area contributed by atoms with Gasteiger partial charge in [-0.1, -0.05) is 53.4 Å². The average Bonchev–Trinajstić information content (AvgIpc) is 2.48. The summed E-state index contributed by atoms with van der Waals surface area (Å²) in [6.45, 7) is 2.18. The van der Waals surface area contributed by atoms with Crippen molar-refractivity contribution >= 4 is 25.9 Å². The zero-order valence-electron chi connectivity index (χ0n) is 13.8. The van der Waals surface area contributed by atoms with Gasteiger partial charge in [0.2, 0.25) is 0 Å². The van der Waals surface area contributed by atoms with Crippen LogP contribution in [0.1, 0.15) is 77.6 Å². The van der Waals surface area contributed by atoms with Gasteiger partial charge in [0.05, 0.1) is 7.85 Å². The van der Waals surface area contributed by atoms with Gasteiger partial charge >= 0.3 is 0 Å². The lowest BCUT2D eigenvalue weighted by atomic mass is 9.99. The molecule has 0 aliphatic heterocycles. The molecule has 0 aromatic heterocycles. The fourth-order valence-corrected chi connectivity index (χ4v) is 9.46. The van der Waals surface area contributed by atoms with E-state index in [0.717, 1.165) is 11.3 Å². The third-order valence-corrected chi connectivity index (χ3v) is 10.4. The van der Waals surface area contributed by atoms with E-state index in [4.69, 9.17) is 7.85 Å². The minimum Gasteiger partial charge on any atom is -0.286 e. The highest BCUT2D eigenvalue weighted by Gasteiger charge is 2.35. The average molecular weight is 344 g/mol. The summed E-state index contributed by atoms with van der Waals surface area (Å²) in [5, 5.41) is -1.11. The Morgan fingerprint density at radius 3 is 1.77 bits per heavy atom. The normalized spacial score (nSPS) is 25.2. The van der Waals surface area contributed by atoms with E-state index in [2.05, 4.69) is 6.92 Å². The van der Waals surface area contributed by atoms with Crippen molar-refractivity contribution in [1.82, 2.24) is 0 Å². The SMILES string of the molecule is [B]C(CC(C)P(C1CCCCC1)C1CCCCC1)S(=O)(=O)O. The van der Waals surface area contributed by atoms with Crippen LogP contribution in [0.5, 0.6) is 0 Å². The second-order valence-corrected chi connectivity index (χ2v) is 12.0. The van der Waals surface area contributed by atoms with Crippen molar-refractivity contribution < 1.29 is 13.0 Å².